The molecule has 1 aromatic carbocycles. The molecule has 8 heteroatoms. The number of carbonyl (C=O) groups is 1. The van der Waals surface area contributed by atoms with Crippen molar-refractivity contribution in [2.75, 3.05) is 19.0 Å². The number of hydrogen-bond donors (Lipinski definition) is 3. The first-order valence-corrected chi connectivity index (χ1v) is 5.56. The summed E-state index contributed by atoms with van der Waals surface area (Å²) in [5, 5.41) is 13.2. The number of amides is 1. The van der Waals surface area contributed by atoms with Gasteiger partial charge in [0.1, 0.15) is 11.0 Å². The van der Waals surface area contributed by atoms with Crippen LogP contribution in [0.15, 0.2) is 18.2 Å². The molecule has 7 nitrogen and oxygen atoms in total. The van der Waals surface area contributed by atoms with Crippen LogP contribution in [0.3, 0.4) is 0 Å². The zero-order valence-corrected chi connectivity index (χ0v) is 11.2. The maximum atomic E-state index is 11.7. The van der Waals surface area contributed by atoms with Gasteiger partial charge in [0.15, 0.2) is 0 Å². The summed E-state index contributed by atoms with van der Waals surface area (Å²) in [6, 6.07) is 5.30. The van der Waals surface area contributed by atoms with Gasteiger partial charge in [-0.05, 0) is 18.2 Å². The number of nitrogens with one attached hydrogen (secondary N) is 2. The Morgan fingerprint density at radius 2 is 2.21 bits per heavy atom. The van der Waals surface area contributed by atoms with E-state index in [4.69, 9.17) is 10.5 Å². The van der Waals surface area contributed by atoms with Crippen LogP contribution in [0.4, 0.5) is 5.69 Å². The monoisotopic (exact) mass is 285 g/mol. The molecule has 1 aromatic heterocycles. The van der Waals surface area contributed by atoms with E-state index in [0.29, 0.717) is 17.7 Å². The lowest BCUT2D eigenvalue weighted by Gasteiger charge is -2.12. The van der Waals surface area contributed by atoms with Crippen molar-refractivity contribution in [2.24, 2.45) is 5.73 Å². The number of carbonyl (C=O) groups excluding carboxylic acids is 1. The average molecular weight is 286 g/mol. The van der Waals surface area contributed by atoms with Crippen molar-refractivity contribution in [3.63, 3.8) is 0 Å². The molecule has 4 N–H and O–H groups in total. The van der Waals surface area contributed by atoms with Gasteiger partial charge in [-0.15, -0.1) is 12.4 Å². The number of nitrogens with two attached hydrogens (primary N) is 1. The number of benzene rings is 1. The summed E-state index contributed by atoms with van der Waals surface area (Å²) in [7, 11) is 1.53. The topological polar surface area (TPSA) is 106 Å². The number of fused-ring (bicyclic) bond motifs is 1. The van der Waals surface area contributed by atoms with Crippen LogP contribution in [0.1, 0.15) is 6.42 Å². The predicted molar refractivity (Wildman–Crippen MR) is 74.2 cm³/mol. The third-order valence-electron chi connectivity index (χ3n) is 2.61. The molecule has 1 heterocycles. The molecule has 0 aliphatic heterocycles. The molecule has 0 fully saturated rings. The van der Waals surface area contributed by atoms with E-state index in [-0.39, 0.29) is 30.8 Å². The molecule has 0 saturated carbocycles. The minimum Gasteiger partial charge on any atom is -0.380 e. The Kier molecular flexibility index (Phi) is 5.68. The Balaban J connectivity index is 0.00000180. The van der Waals surface area contributed by atoms with Crippen molar-refractivity contribution in [3.05, 3.63) is 18.2 Å². The lowest BCUT2D eigenvalue weighted by molar-refractivity contribution is -0.118. The van der Waals surface area contributed by atoms with E-state index in [9.17, 15) is 4.79 Å². The predicted octanol–water partition coefficient (Wildman–Crippen LogP) is 0.682. The number of methoxy groups -OCH3 is 1. The minimum atomic E-state index is -0.263. The van der Waals surface area contributed by atoms with E-state index in [1.807, 2.05) is 0 Å². The molecule has 0 aliphatic rings. The standard InChI is InChI=1S/C11H15N5O2.ClH/c1-18-8(6-12)5-11(17)13-7-2-3-9-10(4-7)15-16-14-9;/h2-4,8H,5-6,12H2,1H3,(H,13,17)(H,14,15,16);1H. The van der Waals surface area contributed by atoms with Crippen LogP contribution in [-0.4, -0.2) is 41.1 Å². The van der Waals surface area contributed by atoms with E-state index < -0.39 is 0 Å². The van der Waals surface area contributed by atoms with E-state index in [1.54, 1.807) is 18.2 Å². The number of aromatic amines is 1. The van der Waals surface area contributed by atoms with Gasteiger partial charge in [0.2, 0.25) is 5.91 Å². The molecule has 0 bridgehead atoms. The highest BCUT2D eigenvalue weighted by Crippen LogP contribution is 2.15. The molecule has 2 aromatic rings. The number of hydrogen-bond acceptors (Lipinski definition) is 5. The number of H-pyrrole nitrogens is 1. The van der Waals surface area contributed by atoms with Crippen LogP contribution >= 0.6 is 12.4 Å². The zero-order valence-electron chi connectivity index (χ0n) is 10.4. The first-order valence-electron chi connectivity index (χ1n) is 5.56. The van der Waals surface area contributed by atoms with Gasteiger partial charge in [0.25, 0.3) is 0 Å². The van der Waals surface area contributed by atoms with Crippen LogP contribution in [0.2, 0.25) is 0 Å². The SMILES string of the molecule is COC(CN)CC(=O)Nc1ccc2n[nH]nc2c1.Cl. The molecule has 19 heavy (non-hydrogen) atoms. The second-order valence-corrected chi connectivity index (χ2v) is 3.87. The quantitative estimate of drug-likeness (QED) is 0.749. The average Bonchev–Trinajstić information content (AvgIpc) is 2.83. The summed E-state index contributed by atoms with van der Waals surface area (Å²) in [6.45, 7) is 0.312. The second kappa shape index (κ2) is 7.03. The van der Waals surface area contributed by atoms with Crippen molar-refractivity contribution in [1.29, 1.82) is 0 Å². The third-order valence-corrected chi connectivity index (χ3v) is 2.61. The van der Waals surface area contributed by atoms with Gasteiger partial charge in [-0.1, -0.05) is 0 Å². The third kappa shape index (κ3) is 3.88. The number of rotatable bonds is 5. The Morgan fingerprint density at radius 1 is 1.47 bits per heavy atom. The van der Waals surface area contributed by atoms with E-state index in [0.717, 1.165) is 5.52 Å². The highest BCUT2D eigenvalue weighted by molar-refractivity contribution is 5.93. The Bertz CT molecular complexity index is 541. The van der Waals surface area contributed by atoms with Crippen molar-refractivity contribution in [2.45, 2.75) is 12.5 Å². The number of aromatic nitrogens is 3. The summed E-state index contributed by atoms with van der Waals surface area (Å²) in [6.07, 6.45) is -0.0371. The van der Waals surface area contributed by atoms with Gasteiger partial charge < -0.3 is 15.8 Å². The molecule has 0 saturated heterocycles. The fourth-order valence-electron chi connectivity index (χ4n) is 1.60. The minimum absolute atomic E-state index is 0. The molecule has 1 unspecified atom stereocenters. The van der Waals surface area contributed by atoms with Crippen molar-refractivity contribution < 1.29 is 9.53 Å². The van der Waals surface area contributed by atoms with Crippen LogP contribution in [-0.2, 0) is 9.53 Å². The van der Waals surface area contributed by atoms with Gasteiger partial charge in [-0.2, -0.15) is 15.4 Å². The second-order valence-electron chi connectivity index (χ2n) is 3.87. The summed E-state index contributed by atoms with van der Waals surface area (Å²) < 4.78 is 5.05. The molecule has 0 aliphatic carbocycles. The fourth-order valence-corrected chi connectivity index (χ4v) is 1.60. The summed E-state index contributed by atoms with van der Waals surface area (Å²) >= 11 is 0. The molecule has 2 rings (SSSR count). The fraction of sp³-hybridized carbons (Fsp3) is 0.364. The molecular weight excluding hydrogens is 270 g/mol. The number of ether oxygens (including phenoxy) is 1. The first kappa shape index (κ1) is 15.4. The molecule has 0 radical (unpaired) electrons. The van der Waals surface area contributed by atoms with Gasteiger partial charge >= 0.3 is 0 Å². The van der Waals surface area contributed by atoms with Gasteiger partial charge in [-0.25, -0.2) is 0 Å². The maximum absolute atomic E-state index is 11.7. The molecule has 104 valence electrons. The van der Waals surface area contributed by atoms with E-state index in [2.05, 4.69) is 20.7 Å². The van der Waals surface area contributed by atoms with Crippen molar-refractivity contribution >= 4 is 35.0 Å². The van der Waals surface area contributed by atoms with Crippen LogP contribution < -0.4 is 11.1 Å². The molecular formula is C11H16ClN5O2. The summed E-state index contributed by atoms with van der Waals surface area (Å²) in [4.78, 5) is 11.7. The number of nitrogens with zero attached hydrogens (tertiary/aromatic N) is 2. The summed E-state index contributed by atoms with van der Waals surface area (Å²) in [5.74, 6) is -0.143. The lowest BCUT2D eigenvalue weighted by atomic mass is 10.2. The lowest BCUT2D eigenvalue weighted by Crippen LogP contribution is -2.28. The Morgan fingerprint density at radius 3 is 2.89 bits per heavy atom. The molecule has 1 amide bonds. The van der Waals surface area contributed by atoms with E-state index >= 15 is 0 Å². The van der Waals surface area contributed by atoms with Gasteiger partial charge in [0.05, 0.1) is 12.5 Å². The summed E-state index contributed by atoms with van der Waals surface area (Å²) in [5.41, 5.74) is 7.59. The van der Waals surface area contributed by atoms with Crippen molar-refractivity contribution in [1.82, 2.24) is 15.4 Å². The van der Waals surface area contributed by atoms with Crippen molar-refractivity contribution in [3.8, 4) is 0 Å². The normalized spacial score (nSPS) is 11.9. The molecule has 1 atom stereocenters. The maximum Gasteiger partial charge on any atom is 0.227 e. The first-order chi connectivity index (χ1) is 8.72. The van der Waals surface area contributed by atoms with Crippen LogP contribution in [0, 0.1) is 0 Å². The Labute approximate surface area is 116 Å². The van der Waals surface area contributed by atoms with Crippen LogP contribution in [0.25, 0.3) is 11.0 Å². The zero-order chi connectivity index (χ0) is 13.0. The smallest absolute Gasteiger partial charge is 0.227 e. The van der Waals surface area contributed by atoms with Gasteiger partial charge in [-0.3, -0.25) is 4.79 Å². The molecule has 0 spiro atoms. The number of halogens is 1. The highest BCUT2D eigenvalue weighted by atomic mass is 35.5. The highest BCUT2D eigenvalue weighted by Gasteiger charge is 2.11. The van der Waals surface area contributed by atoms with Crippen LogP contribution in [0.5, 0.6) is 0 Å². The van der Waals surface area contributed by atoms with E-state index in [1.165, 1.54) is 7.11 Å². The largest absolute Gasteiger partial charge is 0.380 e. The van der Waals surface area contributed by atoms with Gasteiger partial charge in [0, 0.05) is 19.3 Å². The Hall–Kier alpha value is -1.70. The number of anilines is 1.